The summed E-state index contributed by atoms with van der Waals surface area (Å²) in [6, 6.07) is 6.96. The quantitative estimate of drug-likeness (QED) is 0.788. The van der Waals surface area contributed by atoms with E-state index in [1.165, 1.54) is 30.3 Å². The Morgan fingerprint density at radius 3 is 2.79 bits per heavy atom. The van der Waals surface area contributed by atoms with E-state index < -0.39 is 0 Å². The molecule has 3 rings (SSSR count). The van der Waals surface area contributed by atoms with E-state index in [4.69, 9.17) is 0 Å². The summed E-state index contributed by atoms with van der Waals surface area (Å²) < 4.78 is 15.2. The molecule has 2 heterocycles. The van der Waals surface area contributed by atoms with Gasteiger partial charge in [-0.3, -0.25) is 9.36 Å². The Morgan fingerprint density at radius 2 is 2.08 bits per heavy atom. The molecule has 0 saturated carbocycles. The summed E-state index contributed by atoms with van der Waals surface area (Å²) in [6.45, 7) is 4.23. The molecular weight excluding hydrogens is 325 g/mol. The number of thioether (sulfide) groups is 1. The van der Waals surface area contributed by atoms with Gasteiger partial charge in [0.05, 0.1) is 11.4 Å². The van der Waals surface area contributed by atoms with Gasteiger partial charge < -0.3 is 4.90 Å². The van der Waals surface area contributed by atoms with Crippen LogP contribution in [0, 0.1) is 5.82 Å². The van der Waals surface area contributed by atoms with E-state index in [0.717, 1.165) is 12.8 Å². The van der Waals surface area contributed by atoms with Gasteiger partial charge in [0.2, 0.25) is 5.91 Å². The van der Waals surface area contributed by atoms with E-state index in [1.54, 1.807) is 18.5 Å². The number of piperidine rings is 1. The number of hydrogen-bond acceptors (Lipinski definition) is 3. The summed E-state index contributed by atoms with van der Waals surface area (Å²) in [5.74, 6) is 0.207. The Morgan fingerprint density at radius 1 is 1.33 bits per heavy atom. The van der Waals surface area contributed by atoms with Gasteiger partial charge in [0, 0.05) is 24.5 Å². The Kier molecular flexibility index (Phi) is 5.23. The number of likely N-dealkylation sites (tertiary alicyclic amines) is 1. The molecule has 1 aliphatic rings. The third-order valence-corrected chi connectivity index (χ3v) is 5.45. The Labute approximate surface area is 146 Å². The van der Waals surface area contributed by atoms with Gasteiger partial charge in [-0.05, 0) is 51.3 Å². The van der Waals surface area contributed by atoms with Crippen molar-refractivity contribution in [3.63, 3.8) is 0 Å². The van der Waals surface area contributed by atoms with Crippen molar-refractivity contribution in [3.8, 4) is 5.69 Å². The minimum Gasteiger partial charge on any atom is -0.337 e. The van der Waals surface area contributed by atoms with Crippen LogP contribution in [0.3, 0.4) is 0 Å². The normalized spacial score (nSPS) is 21.0. The molecule has 2 aromatic rings. The fraction of sp³-hybridized carbons (Fsp3) is 0.444. The van der Waals surface area contributed by atoms with Crippen LogP contribution in [0.15, 0.2) is 41.8 Å². The zero-order valence-corrected chi connectivity index (χ0v) is 14.8. The molecule has 0 bridgehead atoms. The fourth-order valence-corrected chi connectivity index (χ4v) is 4.18. The largest absolute Gasteiger partial charge is 0.337 e. The second-order valence-corrected chi connectivity index (χ2v) is 7.22. The summed E-state index contributed by atoms with van der Waals surface area (Å²) in [5.41, 5.74) is 0.710. The second kappa shape index (κ2) is 7.38. The molecule has 0 spiro atoms. The maximum absolute atomic E-state index is 13.4. The molecule has 2 atom stereocenters. The molecule has 0 aliphatic carbocycles. The Bertz CT molecular complexity index is 708. The monoisotopic (exact) mass is 347 g/mol. The minimum atomic E-state index is -0.288. The minimum absolute atomic E-state index is 0.147. The van der Waals surface area contributed by atoms with Crippen molar-refractivity contribution >= 4 is 17.7 Å². The van der Waals surface area contributed by atoms with E-state index >= 15 is 0 Å². The van der Waals surface area contributed by atoms with Gasteiger partial charge in [0.15, 0.2) is 5.16 Å². The van der Waals surface area contributed by atoms with Crippen LogP contribution in [-0.2, 0) is 4.79 Å². The van der Waals surface area contributed by atoms with E-state index in [2.05, 4.69) is 18.8 Å². The smallest absolute Gasteiger partial charge is 0.233 e. The molecule has 1 saturated heterocycles. The number of nitrogens with zero attached hydrogens (tertiary/aromatic N) is 3. The number of carbonyl (C=O) groups excluding carboxylic acids is 1. The van der Waals surface area contributed by atoms with Crippen molar-refractivity contribution in [1.82, 2.24) is 14.5 Å². The number of aromatic nitrogens is 2. The lowest BCUT2D eigenvalue weighted by molar-refractivity contribution is -0.134. The molecule has 24 heavy (non-hydrogen) atoms. The van der Waals surface area contributed by atoms with E-state index in [0.29, 0.717) is 28.7 Å². The van der Waals surface area contributed by atoms with Gasteiger partial charge in [-0.25, -0.2) is 9.37 Å². The van der Waals surface area contributed by atoms with Crippen molar-refractivity contribution < 1.29 is 9.18 Å². The number of amides is 1. The highest BCUT2D eigenvalue weighted by Gasteiger charge is 2.28. The maximum atomic E-state index is 13.4. The Balaban J connectivity index is 1.69. The first-order valence-electron chi connectivity index (χ1n) is 8.29. The molecule has 1 aromatic carbocycles. The molecule has 1 aromatic heterocycles. The van der Waals surface area contributed by atoms with Crippen LogP contribution in [0.1, 0.15) is 33.1 Å². The predicted octanol–water partition coefficient (Wildman–Crippen LogP) is 3.89. The van der Waals surface area contributed by atoms with Crippen molar-refractivity contribution in [2.24, 2.45) is 0 Å². The molecule has 4 nitrogen and oxygen atoms in total. The zero-order chi connectivity index (χ0) is 17.1. The summed E-state index contributed by atoms with van der Waals surface area (Å²) >= 11 is 1.40. The highest BCUT2D eigenvalue weighted by Crippen LogP contribution is 2.26. The maximum Gasteiger partial charge on any atom is 0.233 e. The number of hydrogen-bond donors (Lipinski definition) is 0. The number of rotatable bonds is 4. The molecule has 1 fully saturated rings. The number of halogens is 1. The molecular formula is C18H22FN3OS. The lowest BCUT2D eigenvalue weighted by atomic mass is 9.98. The first-order valence-corrected chi connectivity index (χ1v) is 9.28. The van der Waals surface area contributed by atoms with Crippen LogP contribution >= 0.6 is 11.8 Å². The standard InChI is InChI=1S/C18H22FN3OS/c1-13-5-3-6-14(2)22(13)17(23)12-24-18-20-9-10-21(18)16-8-4-7-15(19)11-16/h4,7-11,13-14H,3,5-6,12H2,1-2H3. The number of benzene rings is 1. The third-order valence-electron chi connectivity index (χ3n) is 4.50. The van der Waals surface area contributed by atoms with Crippen LogP contribution in [0.5, 0.6) is 0 Å². The van der Waals surface area contributed by atoms with Gasteiger partial charge >= 0.3 is 0 Å². The Hall–Kier alpha value is -1.82. The summed E-state index contributed by atoms with van der Waals surface area (Å²) in [5, 5.41) is 0.700. The van der Waals surface area contributed by atoms with Crippen molar-refractivity contribution in [2.75, 3.05) is 5.75 Å². The number of carbonyl (C=O) groups is 1. The predicted molar refractivity (Wildman–Crippen MR) is 93.9 cm³/mol. The lowest BCUT2D eigenvalue weighted by Gasteiger charge is -2.39. The average molecular weight is 347 g/mol. The molecule has 1 aliphatic heterocycles. The molecule has 2 unspecified atom stereocenters. The van der Waals surface area contributed by atoms with E-state index in [1.807, 2.05) is 15.5 Å². The van der Waals surface area contributed by atoms with Gasteiger partial charge in [-0.2, -0.15) is 0 Å². The van der Waals surface area contributed by atoms with Crippen LogP contribution in [0.2, 0.25) is 0 Å². The third kappa shape index (κ3) is 3.64. The SMILES string of the molecule is CC1CCCC(C)N1C(=O)CSc1nccn1-c1cccc(F)c1. The highest BCUT2D eigenvalue weighted by atomic mass is 32.2. The second-order valence-electron chi connectivity index (χ2n) is 6.28. The summed E-state index contributed by atoms with van der Waals surface area (Å²) in [7, 11) is 0. The van der Waals surface area contributed by atoms with Crippen LogP contribution in [0.4, 0.5) is 4.39 Å². The van der Waals surface area contributed by atoms with Gasteiger partial charge in [0.1, 0.15) is 5.82 Å². The number of imidazole rings is 1. The first-order chi connectivity index (χ1) is 11.6. The van der Waals surface area contributed by atoms with Crippen LogP contribution in [0.25, 0.3) is 5.69 Å². The molecule has 6 heteroatoms. The van der Waals surface area contributed by atoms with Crippen LogP contribution < -0.4 is 0 Å². The fourth-order valence-electron chi connectivity index (χ4n) is 3.33. The van der Waals surface area contributed by atoms with Crippen molar-refractivity contribution in [3.05, 3.63) is 42.5 Å². The lowest BCUT2D eigenvalue weighted by Crippen LogP contribution is -2.48. The molecule has 0 radical (unpaired) electrons. The summed E-state index contributed by atoms with van der Waals surface area (Å²) in [4.78, 5) is 18.9. The topological polar surface area (TPSA) is 38.1 Å². The van der Waals surface area contributed by atoms with E-state index in [-0.39, 0.29) is 11.7 Å². The van der Waals surface area contributed by atoms with E-state index in [9.17, 15) is 9.18 Å². The van der Waals surface area contributed by atoms with Gasteiger partial charge in [-0.1, -0.05) is 17.8 Å². The van der Waals surface area contributed by atoms with Crippen LogP contribution in [-0.4, -0.2) is 38.2 Å². The van der Waals surface area contributed by atoms with Gasteiger partial charge in [0.25, 0.3) is 0 Å². The molecule has 1 amide bonds. The van der Waals surface area contributed by atoms with Crippen molar-refractivity contribution in [1.29, 1.82) is 0 Å². The summed E-state index contributed by atoms with van der Waals surface area (Å²) in [6.07, 6.45) is 6.78. The highest BCUT2D eigenvalue weighted by molar-refractivity contribution is 7.99. The van der Waals surface area contributed by atoms with Crippen molar-refractivity contribution in [2.45, 2.75) is 50.4 Å². The van der Waals surface area contributed by atoms with Gasteiger partial charge in [-0.15, -0.1) is 0 Å². The molecule has 128 valence electrons. The average Bonchev–Trinajstić information content (AvgIpc) is 3.01. The zero-order valence-electron chi connectivity index (χ0n) is 14.0. The first kappa shape index (κ1) is 17.0. The molecule has 0 N–H and O–H groups in total.